The number of hydrogen-bond donors (Lipinski definition) is 1. The Morgan fingerprint density at radius 3 is 2.82 bits per heavy atom. The lowest BCUT2D eigenvalue weighted by atomic mass is 9.84. The minimum absolute atomic E-state index is 0.109. The van der Waals surface area contributed by atoms with Crippen molar-refractivity contribution in [3.63, 3.8) is 0 Å². The third-order valence-electron chi connectivity index (χ3n) is 3.28. The van der Waals surface area contributed by atoms with Crippen LogP contribution in [-0.4, -0.2) is 35.0 Å². The number of hydrogen-bond acceptors (Lipinski definition) is 2. The molecule has 1 amide bonds. The average molecular weight is 237 g/mol. The van der Waals surface area contributed by atoms with Crippen LogP contribution >= 0.6 is 0 Å². The van der Waals surface area contributed by atoms with E-state index in [0.29, 0.717) is 6.54 Å². The summed E-state index contributed by atoms with van der Waals surface area (Å²) in [5.74, 6) is 4.62. The number of carbonyl (C=O) groups excluding carboxylic acids is 1. The van der Waals surface area contributed by atoms with Crippen molar-refractivity contribution in [2.75, 3.05) is 13.1 Å². The summed E-state index contributed by atoms with van der Waals surface area (Å²) >= 11 is 0. The van der Waals surface area contributed by atoms with Crippen LogP contribution in [0.1, 0.15) is 33.1 Å². The Bertz CT molecular complexity index is 353. The van der Waals surface area contributed by atoms with Gasteiger partial charge in [-0.1, -0.05) is 12.8 Å². The van der Waals surface area contributed by atoms with Crippen LogP contribution < -0.4 is 0 Å². The zero-order valence-electron chi connectivity index (χ0n) is 10.4. The van der Waals surface area contributed by atoms with Gasteiger partial charge in [-0.15, -0.1) is 0 Å². The summed E-state index contributed by atoms with van der Waals surface area (Å²) in [4.78, 5) is 24.0. The van der Waals surface area contributed by atoms with Crippen molar-refractivity contribution < 1.29 is 14.7 Å². The fourth-order valence-electron chi connectivity index (χ4n) is 2.29. The van der Waals surface area contributed by atoms with Crippen molar-refractivity contribution in [3.8, 4) is 11.8 Å². The first-order chi connectivity index (χ1) is 8.04. The molecular formula is C13H19NO3. The van der Waals surface area contributed by atoms with E-state index < -0.39 is 5.97 Å². The van der Waals surface area contributed by atoms with Gasteiger partial charge in [0.25, 0.3) is 5.91 Å². The predicted molar refractivity (Wildman–Crippen MR) is 64.2 cm³/mol. The van der Waals surface area contributed by atoms with E-state index in [1.807, 2.05) is 6.92 Å². The van der Waals surface area contributed by atoms with Crippen molar-refractivity contribution in [1.29, 1.82) is 0 Å². The summed E-state index contributed by atoms with van der Waals surface area (Å²) in [6, 6.07) is 0. The number of rotatable bonds is 3. The summed E-state index contributed by atoms with van der Waals surface area (Å²) in [6.45, 7) is 4.97. The summed E-state index contributed by atoms with van der Waals surface area (Å²) in [5, 5.41) is 8.77. The van der Waals surface area contributed by atoms with E-state index in [1.54, 1.807) is 11.8 Å². The quantitative estimate of drug-likeness (QED) is 0.754. The van der Waals surface area contributed by atoms with Gasteiger partial charge in [0.2, 0.25) is 0 Å². The van der Waals surface area contributed by atoms with Crippen LogP contribution in [0.15, 0.2) is 0 Å². The first-order valence-electron chi connectivity index (χ1n) is 5.98. The van der Waals surface area contributed by atoms with Crippen molar-refractivity contribution >= 4 is 11.9 Å². The van der Waals surface area contributed by atoms with E-state index in [0.717, 1.165) is 19.4 Å². The van der Waals surface area contributed by atoms with Gasteiger partial charge in [0.05, 0.1) is 0 Å². The Hall–Kier alpha value is -1.50. The Morgan fingerprint density at radius 1 is 1.53 bits per heavy atom. The van der Waals surface area contributed by atoms with Gasteiger partial charge in [0.1, 0.15) is 0 Å². The Labute approximate surface area is 102 Å². The molecule has 0 aromatic heterocycles. The third-order valence-corrected chi connectivity index (χ3v) is 3.28. The van der Waals surface area contributed by atoms with Gasteiger partial charge in [0.15, 0.2) is 0 Å². The normalized spacial score (nSPS) is 21.3. The standard InChI is InChI=1S/C13H19NO3/c1-3-5-12(15)14-7-4-6-11(9-14)10(2)8-13(16)17/h10-11H,4,6-9H2,1-2H3,(H,16,17). The van der Waals surface area contributed by atoms with Gasteiger partial charge >= 0.3 is 5.97 Å². The molecular weight excluding hydrogens is 218 g/mol. The van der Waals surface area contributed by atoms with Gasteiger partial charge in [-0.3, -0.25) is 9.59 Å². The largest absolute Gasteiger partial charge is 0.481 e. The maximum Gasteiger partial charge on any atom is 0.303 e. The molecule has 1 aliphatic rings. The maximum absolute atomic E-state index is 11.6. The topological polar surface area (TPSA) is 57.6 Å². The highest BCUT2D eigenvalue weighted by atomic mass is 16.4. The van der Waals surface area contributed by atoms with E-state index in [9.17, 15) is 9.59 Å². The zero-order valence-corrected chi connectivity index (χ0v) is 10.4. The monoisotopic (exact) mass is 237 g/mol. The highest BCUT2D eigenvalue weighted by Crippen LogP contribution is 2.26. The molecule has 0 aromatic rings. The minimum atomic E-state index is -0.769. The number of carbonyl (C=O) groups is 2. The molecule has 17 heavy (non-hydrogen) atoms. The van der Waals surface area contributed by atoms with Crippen molar-refractivity contribution in [2.45, 2.75) is 33.1 Å². The summed E-state index contributed by atoms with van der Waals surface area (Å²) in [7, 11) is 0. The summed E-state index contributed by atoms with van der Waals surface area (Å²) < 4.78 is 0. The number of likely N-dealkylation sites (tertiary alicyclic amines) is 1. The Kier molecular flexibility index (Phi) is 5.02. The molecule has 1 heterocycles. The van der Waals surface area contributed by atoms with Gasteiger partial charge in [-0.2, -0.15) is 0 Å². The fourth-order valence-corrected chi connectivity index (χ4v) is 2.29. The van der Waals surface area contributed by atoms with Gasteiger partial charge in [-0.25, -0.2) is 0 Å². The van der Waals surface area contributed by atoms with Crippen LogP contribution in [-0.2, 0) is 9.59 Å². The highest BCUT2D eigenvalue weighted by molar-refractivity contribution is 5.93. The first kappa shape index (κ1) is 13.6. The predicted octanol–water partition coefficient (Wildman–Crippen LogP) is 1.36. The molecule has 2 atom stereocenters. The van der Waals surface area contributed by atoms with Gasteiger partial charge in [0, 0.05) is 19.5 Å². The van der Waals surface area contributed by atoms with Crippen LogP contribution in [0.4, 0.5) is 0 Å². The van der Waals surface area contributed by atoms with E-state index in [4.69, 9.17) is 5.11 Å². The van der Waals surface area contributed by atoms with Crippen LogP contribution in [0.25, 0.3) is 0 Å². The Morgan fingerprint density at radius 2 is 2.24 bits per heavy atom. The van der Waals surface area contributed by atoms with E-state index in [-0.39, 0.29) is 24.2 Å². The van der Waals surface area contributed by atoms with Crippen LogP contribution in [0, 0.1) is 23.7 Å². The number of nitrogens with zero attached hydrogens (tertiary/aromatic N) is 1. The molecule has 0 spiro atoms. The Balaban J connectivity index is 2.56. The molecule has 4 nitrogen and oxygen atoms in total. The van der Waals surface area contributed by atoms with E-state index in [2.05, 4.69) is 11.8 Å². The molecule has 0 bridgehead atoms. The van der Waals surface area contributed by atoms with E-state index >= 15 is 0 Å². The average Bonchev–Trinajstić information content (AvgIpc) is 2.28. The summed E-state index contributed by atoms with van der Waals surface area (Å²) in [6.07, 6.45) is 2.11. The van der Waals surface area contributed by atoms with Gasteiger partial charge < -0.3 is 10.0 Å². The third kappa shape index (κ3) is 4.10. The number of carboxylic acid groups (broad SMARTS) is 1. The number of aliphatic carboxylic acids is 1. The maximum atomic E-state index is 11.6. The molecule has 0 aromatic carbocycles. The number of piperidine rings is 1. The lowest BCUT2D eigenvalue weighted by Crippen LogP contribution is -2.41. The molecule has 1 aliphatic heterocycles. The lowest BCUT2D eigenvalue weighted by Gasteiger charge is -2.34. The highest BCUT2D eigenvalue weighted by Gasteiger charge is 2.27. The molecule has 1 N–H and O–H groups in total. The smallest absolute Gasteiger partial charge is 0.303 e. The second kappa shape index (κ2) is 6.29. The SMILES string of the molecule is CC#CC(=O)N1CCCC(C(C)CC(=O)O)C1. The first-order valence-corrected chi connectivity index (χ1v) is 5.98. The molecule has 0 radical (unpaired) electrons. The molecule has 0 saturated carbocycles. The second-order valence-electron chi connectivity index (χ2n) is 4.60. The molecule has 1 fully saturated rings. The van der Waals surface area contributed by atoms with Crippen LogP contribution in [0.3, 0.4) is 0 Å². The van der Waals surface area contributed by atoms with Crippen LogP contribution in [0.2, 0.25) is 0 Å². The number of carboxylic acids is 1. The molecule has 0 aliphatic carbocycles. The summed E-state index contributed by atoms with van der Waals surface area (Å²) in [5.41, 5.74) is 0. The number of amides is 1. The molecule has 4 heteroatoms. The van der Waals surface area contributed by atoms with Crippen molar-refractivity contribution in [1.82, 2.24) is 4.90 Å². The van der Waals surface area contributed by atoms with Crippen LogP contribution in [0.5, 0.6) is 0 Å². The van der Waals surface area contributed by atoms with Crippen molar-refractivity contribution in [3.05, 3.63) is 0 Å². The molecule has 94 valence electrons. The minimum Gasteiger partial charge on any atom is -0.481 e. The van der Waals surface area contributed by atoms with Crippen molar-refractivity contribution in [2.24, 2.45) is 11.8 Å². The fraction of sp³-hybridized carbons (Fsp3) is 0.692. The molecule has 2 unspecified atom stereocenters. The van der Waals surface area contributed by atoms with Gasteiger partial charge in [-0.05, 0) is 37.5 Å². The van der Waals surface area contributed by atoms with E-state index in [1.165, 1.54) is 0 Å². The molecule has 1 saturated heterocycles. The lowest BCUT2D eigenvalue weighted by molar-refractivity contribution is -0.138. The molecule has 1 rings (SSSR count). The second-order valence-corrected chi connectivity index (χ2v) is 4.60. The zero-order chi connectivity index (χ0) is 12.8.